The number of likely N-dealkylation sites (tertiary alicyclic amines) is 1. The molecule has 0 radical (unpaired) electrons. The molecular formula is C39H72N2O4. The molecule has 6 heteroatoms. The number of aliphatic hydroxyl groups is 1. The Labute approximate surface area is 277 Å². The monoisotopic (exact) mass is 633 g/mol. The first-order valence-electron chi connectivity index (χ1n) is 19.4. The summed E-state index contributed by atoms with van der Waals surface area (Å²) in [6.45, 7) is 22.0. The number of nitrogens with zero attached hydrogens (tertiary/aromatic N) is 1. The number of carbonyl (C=O) groups excluding carboxylic acids is 1. The summed E-state index contributed by atoms with van der Waals surface area (Å²) in [5.41, 5.74) is 0. The van der Waals surface area contributed by atoms with Gasteiger partial charge in [0.15, 0.2) is 6.29 Å². The lowest BCUT2D eigenvalue weighted by Gasteiger charge is -2.49. The molecule has 9 unspecified atom stereocenters. The van der Waals surface area contributed by atoms with Gasteiger partial charge in [-0.15, -0.1) is 0 Å². The van der Waals surface area contributed by atoms with Gasteiger partial charge in [0.1, 0.15) is 6.10 Å². The van der Waals surface area contributed by atoms with Crippen molar-refractivity contribution >= 4 is 5.97 Å². The number of hydrogen-bond donors (Lipinski definition) is 2. The molecule has 45 heavy (non-hydrogen) atoms. The molecule has 0 spiro atoms. The van der Waals surface area contributed by atoms with E-state index in [0.29, 0.717) is 59.7 Å². The summed E-state index contributed by atoms with van der Waals surface area (Å²) in [6, 6.07) is 1.86. The van der Waals surface area contributed by atoms with Gasteiger partial charge in [-0.05, 0) is 99.8 Å². The Morgan fingerprint density at radius 1 is 0.733 bits per heavy atom. The van der Waals surface area contributed by atoms with Gasteiger partial charge in [-0.3, -0.25) is 9.69 Å². The highest BCUT2D eigenvalue weighted by molar-refractivity contribution is 5.72. The molecule has 0 bridgehead atoms. The van der Waals surface area contributed by atoms with Gasteiger partial charge in [-0.2, -0.15) is 0 Å². The van der Waals surface area contributed by atoms with Crippen LogP contribution in [0, 0.1) is 47.3 Å². The van der Waals surface area contributed by atoms with Crippen molar-refractivity contribution in [3.8, 4) is 0 Å². The van der Waals surface area contributed by atoms with Gasteiger partial charge in [-0.25, -0.2) is 0 Å². The number of esters is 1. The SMILES string of the molecule is CCCCCN1C(C(C)C)CC(OC(O)C2CCC3CC(C(=O)OC4CC(C(C)C)NC(C(C)C)C4)CCC3C2)CC1C(C)C. The fourth-order valence-corrected chi connectivity index (χ4v) is 9.52. The van der Waals surface area contributed by atoms with Crippen molar-refractivity contribution in [1.82, 2.24) is 10.2 Å². The Kier molecular flexibility index (Phi) is 14.1. The van der Waals surface area contributed by atoms with Crippen LogP contribution in [0.1, 0.15) is 146 Å². The quantitative estimate of drug-likeness (QED) is 0.121. The van der Waals surface area contributed by atoms with Gasteiger partial charge in [-0.1, -0.05) is 75.2 Å². The smallest absolute Gasteiger partial charge is 0.309 e. The molecule has 9 atom stereocenters. The number of fused-ring (bicyclic) bond motifs is 1. The Bertz CT molecular complexity index is 858. The Balaban J connectivity index is 1.27. The molecule has 0 aromatic rings. The van der Waals surface area contributed by atoms with Crippen molar-refractivity contribution in [1.29, 1.82) is 0 Å². The highest BCUT2D eigenvalue weighted by Crippen LogP contribution is 2.46. The van der Waals surface area contributed by atoms with E-state index in [1.165, 1.54) is 25.8 Å². The molecular weight excluding hydrogens is 560 g/mol. The predicted molar refractivity (Wildman–Crippen MR) is 185 cm³/mol. The minimum atomic E-state index is -0.673. The van der Waals surface area contributed by atoms with Crippen LogP contribution < -0.4 is 5.32 Å². The second-order valence-corrected chi connectivity index (χ2v) is 17.2. The van der Waals surface area contributed by atoms with Crippen LogP contribution in [0.15, 0.2) is 0 Å². The van der Waals surface area contributed by atoms with Crippen molar-refractivity contribution < 1.29 is 19.4 Å². The third-order valence-electron chi connectivity index (χ3n) is 12.5. The maximum atomic E-state index is 13.4. The van der Waals surface area contributed by atoms with Crippen LogP contribution >= 0.6 is 0 Å². The molecule has 262 valence electrons. The largest absolute Gasteiger partial charge is 0.462 e. The summed E-state index contributed by atoms with van der Waals surface area (Å²) in [6.07, 6.45) is 13.3. The number of unbranched alkanes of at least 4 members (excludes halogenated alkanes) is 2. The number of nitrogens with one attached hydrogen (secondary N) is 1. The van der Waals surface area contributed by atoms with E-state index in [9.17, 15) is 9.90 Å². The van der Waals surface area contributed by atoms with Gasteiger partial charge in [0.05, 0.1) is 12.0 Å². The molecule has 0 amide bonds. The van der Waals surface area contributed by atoms with Gasteiger partial charge in [0.25, 0.3) is 0 Å². The van der Waals surface area contributed by atoms with Crippen LogP contribution in [0.4, 0.5) is 0 Å². The number of ether oxygens (including phenoxy) is 2. The number of rotatable bonds is 13. The number of piperidine rings is 2. The molecule has 2 saturated heterocycles. The van der Waals surface area contributed by atoms with Crippen LogP contribution in [0.2, 0.25) is 0 Å². The van der Waals surface area contributed by atoms with Gasteiger partial charge >= 0.3 is 5.97 Å². The van der Waals surface area contributed by atoms with Crippen molar-refractivity contribution in [2.24, 2.45) is 47.3 Å². The van der Waals surface area contributed by atoms with Crippen molar-refractivity contribution in [3.05, 3.63) is 0 Å². The fourth-order valence-electron chi connectivity index (χ4n) is 9.52. The molecule has 4 fully saturated rings. The second kappa shape index (κ2) is 17.1. The zero-order valence-electron chi connectivity index (χ0n) is 30.7. The van der Waals surface area contributed by atoms with E-state index in [0.717, 1.165) is 64.2 Å². The lowest BCUT2D eigenvalue weighted by Crippen LogP contribution is -2.56. The number of carbonyl (C=O) groups is 1. The standard InChI is InChI=1S/C39H72N2O4/c1-10-11-12-17-41-36(26(6)7)22-33(23-37(41)27(8)9)45-39(43)31-16-14-28-18-30(15-13-29(28)19-31)38(42)44-32-20-34(24(2)3)40-35(21-32)25(4)5/h24-37,39-40,43H,10-23H2,1-9H3. The fraction of sp³-hybridized carbons (Fsp3) is 0.974. The molecule has 4 rings (SSSR count). The van der Waals surface area contributed by atoms with Gasteiger partial charge < -0.3 is 19.9 Å². The average Bonchev–Trinajstić information content (AvgIpc) is 3.00. The van der Waals surface area contributed by atoms with Crippen LogP contribution in [-0.2, 0) is 14.3 Å². The molecule has 2 aliphatic heterocycles. The minimum Gasteiger partial charge on any atom is -0.462 e. The Morgan fingerprint density at radius 3 is 1.87 bits per heavy atom. The van der Waals surface area contributed by atoms with Crippen molar-refractivity contribution in [2.75, 3.05) is 6.54 Å². The van der Waals surface area contributed by atoms with Gasteiger partial charge in [0, 0.05) is 42.9 Å². The minimum absolute atomic E-state index is 0.0353. The summed E-state index contributed by atoms with van der Waals surface area (Å²) in [4.78, 5) is 16.2. The lowest BCUT2D eigenvalue weighted by molar-refractivity contribution is -0.199. The number of aliphatic hydroxyl groups excluding tert-OH is 1. The third-order valence-corrected chi connectivity index (χ3v) is 12.5. The van der Waals surface area contributed by atoms with Crippen LogP contribution in [-0.4, -0.2) is 65.2 Å². The van der Waals surface area contributed by atoms with E-state index in [1.54, 1.807) is 0 Å². The zero-order valence-corrected chi connectivity index (χ0v) is 30.7. The predicted octanol–water partition coefficient (Wildman–Crippen LogP) is 8.20. The Hall–Kier alpha value is -0.690. The molecule has 0 aromatic carbocycles. The average molecular weight is 633 g/mol. The van der Waals surface area contributed by atoms with E-state index in [1.807, 2.05) is 0 Å². The first-order valence-corrected chi connectivity index (χ1v) is 19.4. The van der Waals surface area contributed by atoms with E-state index >= 15 is 0 Å². The first kappa shape index (κ1) is 37.1. The van der Waals surface area contributed by atoms with Crippen molar-refractivity contribution in [2.45, 2.75) is 188 Å². The summed E-state index contributed by atoms with van der Waals surface area (Å²) < 4.78 is 12.8. The highest BCUT2D eigenvalue weighted by Gasteiger charge is 2.44. The molecule has 2 aliphatic carbocycles. The zero-order chi connectivity index (χ0) is 32.8. The van der Waals surface area contributed by atoms with E-state index in [2.05, 4.69) is 72.5 Å². The van der Waals surface area contributed by atoms with E-state index in [-0.39, 0.29) is 30.0 Å². The topological polar surface area (TPSA) is 71.0 Å². The van der Waals surface area contributed by atoms with Gasteiger partial charge in [0.2, 0.25) is 0 Å². The van der Waals surface area contributed by atoms with Crippen LogP contribution in [0.5, 0.6) is 0 Å². The van der Waals surface area contributed by atoms with E-state index < -0.39 is 6.29 Å². The molecule has 4 aliphatic rings. The molecule has 2 heterocycles. The highest BCUT2D eigenvalue weighted by atomic mass is 16.6. The summed E-state index contributed by atoms with van der Waals surface area (Å²) in [7, 11) is 0. The summed E-state index contributed by atoms with van der Waals surface area (Å²) >= 11 is 0. The van der Waals surface area contributed by atoms with Crippen LogP contribution in [0.25, 0.3) is 0 Å². The molecule has 2 saturated carbocycles. The second-order valence-electron chi connectivity index (χ2n) is 17.2. The maximum absolute atomic E-state index is 13.4. The summed E-state index contributed by atoms with van der Waals surface area (Å²) in [5, 5.41) is 15.2. The summed E-state index contributed by atoms with van der Waals surface area (Å²) in [5.74, 6) is 3.70. The first-order chi connectivity index (χ1) is 21.4. The normalized spacial score (nSPS) is 37.3. The van der Waals surface area contributed by atoms with E-state index in [4.69, 9.17) is 9.47 Å². The molecule has 2 N–H and O–H groups in total. The third kappa shape index (κ3) is 9.92. The molecule has 0 aromatic heterocycles. The lowest BCUT2D eigenvalue weighted by atomic mass is 9.64. The van der Waals surface area contributed by atoms with Crippen molar-refractivity contribution in [3.63, 3.8) is 0 Å². The maximum Gasteiger partial charge on any atom is 0.309 e. The molecule has 6 nitrogen and oxygen atoms in total. The van der Waals surface area contributed by atoms with Crippen LogP contribution in [0.3, 0.4) is 0 Å². The number of hydrogen-bond acceptors (Lipinski definition) is 6. The Morgan fingerprint density at radius 2 is 1.31 bits per heavy atom.